The number of benzene rings is 2. The van der Waals surface area contributed by atoms with E-state index in [1.807, 2.05) is 0 Å². The van der Waals surface area contributed by atoms with Crippen molar-refractivity contribution in [2.24, 2.45) is 11.8 Å². The van der Waals surface area contributed by atoms with Crippen LogP contribution in [0.15, 0.2) is 66.8 Å². The van der Waals surface area contributed by atoms with Crippen LogP contribution in [0.1, 0.15) is 17.5 Å². The second-order valence-corrected chi connectivity index (χ2v) is 5.97. The molecule has 0 aliphatic heterocycles. The summed E-state index contributed by atoms with van der Waals surface area (Å²) >= 11 is 0. The van der Waals surface area contributed by atoms with Crippen molar-refractivity contribution in [3.8, 4) is 11.1 Å². The Labute approximate surface area is 120 Å². The van der Waals surface area contributed by atoms with E-state index in [2.05, 4.69) is 73.7 Å². The van der Waals surface area contributed by atoms with Crippen molar-refractivity contribution < 1.29 is 0 Å². The van der Waals surface area contributed by atoms with Gasteiger partial charge in [-0.1, -0.05) is 60.7 Å². The predicted molar refractivity (Wildman–Crippen MR) is 85.3 cm³/mol. The monoisotopic (exact) mass is 258 g/mol. The van der Waals surface area contributed by atoms with Crippen LogP contribution >= 0.6 is 0 Å². The minimum Gasteiger partial charge on any atom is -0.0808 e. The minimum atomic E-state index is 0.769. The average molecular weight is 258 g/mol. The van der Waals surface area contributed by atoms with Gasteiger partial charge in [0.15, 0.2) is 0 Å². The molecule has 0 radical (unpaired) electrons. The van der Waals surface area contributed by atoms with E-state index < -0.39 is 0 Å². The molecule has 0 nitrogen and oxygen atoms in total. The van der Waals surface area contributed by atoms with E-state index in [4.69, 9.17) is 0 Å². The Bertz CT molecular complexity index is 704. The van der Waals surface area contributed by atoms with E-state index in [1.165, 1.54) is 34.2 Å². The van der Waals surface area contributed by atoms with Gasteiger partial charge in [0.1, 0.15) is 0 Å². The fourth-order valence-corrected chi connectivity index (χ4v) is 3.27. The van der Waals surface area contributed by atoms with Crippen molar-refractivity contribution >= 4 is 5.57 Å². The fraction of sp³-hybridized carbons (Fsp3) is 0.200. The molecule has 20 heavy (non-hydrogen) atoms. The Morgan fingerprint density at radius 3 is 2.55 bits per heavy atom. The molecule has 0 heterocycles. The normalized spacial score (nSPS) is 23.1. The SMILES string of the molecule is Cc1cc(C2=CC=CC3CC23)cc(-c2ccccc2)c1. The maximum Gasteiger partial charge on any atom is -0.00869 e. The second-order valence-electron chi connectivity index (χ2n) is 5.97. The van der Waals surface area contributed by atoms with Gasteiger partial charge in [-0.15, -0.1) is 0 Å². The number of aryl methyl sites for hydroxylation is 1. The third-order valence-electron chi connectivity index (χ3n) is 4.39. The zero-order valence-corrected chi connectivity index (χ0v) is 11.7. The maximum atomic E-state index is 2.35. The first-order chi connectivity index (χ1) is 9.81. The predicted octanol–water partition coefficient (Wildman–Crippen LogP) is 5.25. The molecule has 2 atom stereocenters. The van der Waals surface area contributed by atoms with Crippen LogP contribution in [-0.2, 0) is 0 Å². The van der Waals surface area contributed by atoms with Crippen molar-refractivity contribution in [1.29, 1.82) is 0 Å². The van der Waals surface area contributed by atoms with E-state index in [0.29, 0.717) is 0 Å². The lowest BCUT2D eigenvalue weighted by molar-refractivity contribution is 0.998. The van der Waals surface area contributed by atoms with E-state index in [9.17, 15) is 0 Å². The maximum absolute atomic E-state index is 2.35. The van der Waals surface area contributed by atoms with Crippen molar-refractivity contribution in [3.63, 3.8) is 0 Å². The highest BCUT2D eigenvalue weighted by atomic mass is 14.4. The van der Waals surface area contributed by atoms with Crippen LogP contribution in [0.25, 0.3) is 16.7 Å². The zero-order valence-electron chi connectivity index (χ0n) is 11.7. The van der Waals surface area contributed by atoms with Gasteiger partial charge in [0.2, 0.25) is 0 Å². The standard InChI is InChI=1S/C20H18/c1-14-10-17(15-6-3-2-4-7-15)12-18(11-14)19-9-5-8-16-13-20(16)19/h2-12,16,20H,13H2,1H3. The number of hydrogen-bond donors (Lipinski definition) is 0. The molecule has 0 amide bonds. The molecule has 0 saturated heterocycles. The van der Waals surface area contributed by atoms with Gasteiger partial charge >= 0.3 is 0 Å². The van der Waals surface area contributed by atoms with Crippen LogP contribution in [0.5, 0.6) is 0 Å². The van der Waals surface area contributed by atoms with Crippen LogP contribution in [-0.4, -0.2) is 0 Å². The molecule has 2 aromatic rings. The van der Waals surface area contributed by atoms with E-state index in [-0.39, 0.29) is 0 Å². The summed E-state index contributed by atoms with van der Waals surface area (Å²) in [6.45, 7) is 2.19. The van der Waals surface area contributed by atoms with Crippen LogP contribution in [0.2, 0.25) is 0 Å². The van der Waals surface area contributed by atoms with Crippen LogP contribution in [0.4, 0.5) is 0 Å². The van der Waals surface area contributed by atoms with Crippen LogP contribution < -0.4 is 0 Å². The smallest absolute Gasteiger partial charge is 0.00869 e. The molecule has 0 aromatic heterocycles. The molecular formula is C20H18. The molecule has 0 heteroatoms. The first kappa shape index (κ1) is 11.7. The number of rotatable bonds is 2. The van der Waals surface area contributed by atoms with Gasteiger partial charge in [0, 0.05) is 0 Å². The summed E-state index contributed by atoms with van der Waals surface area (Å²) in [5.74, 6) is 1.57. The third-order valence-corrected chi connectivity index (χ3v) is 4.39. The lowest BCUT2D eigenvalue weighted by atomic mass is 9.92. The van der Waals surface area contributed by atoms with Gasteiger partial charge in [0.25, 0.3) is 0 Å². The fourth-order valence-electron chi connectivity index (χ4n) is 3.27. The van der Waals surface area contributed by atoms with E-state index in [1.54, 1.807) is 0 Å². The molecule has 1 fully saturated rings. The Balaban J connectivity index is 1.80. The highest BCUT2D eigenvalue weighted by Crippen LogP contribution is 2.51. The molecule has 1 saturated carbocycles. The zero-order chi connectivity index (χ0) is 13.5. The van der Waals surface area contributed by atoms with Crippen LogP contribution in [0, 0.1) is 18.8 Å². The highest BCUT2D eigenvalue weighted by Gasteiger charge is 2.39. The molecule has 98 valence electrons. The van der Waals surface area contributed by atoms with Gasteiger partial charge in [-0.05, 0) is 59.1 Å². The number of hydrogen-bond acceptors (Lipinski definition) is 0. The summed E-state index contributed by atoms with van der Waals surface area (Å²) in [4.78, 5) is 0. The Morgan fingerprint density at radius 1 is 0.900 bits per heavy atom. The number of allylic oxidation sites excluding steroid dienone is 4. The topological polar surface area (TPSA) is 0 Å². The summed E-state index contributed by atoms with van der Waals surface area (Å²) in [6, 6.07) is 17.6. The van der Waals surface area contributed by atoms with Gasteiger partial charge in [0.05, 0.1) is 0 Å². The van der Waals surface area contributed by atoms with Gasteiger partial charge in [-0.2, -0.15) is 0 Å². The lowest BCUT2D eigenvalue weighted by Gasteiger charge is -2.13. The lowest BCUT2D eigenvalue weighted by Crippen LogP contribution is -1.94. The molecule has 0 bridgehead atoms. The minimum absolute atomic E-state index is 0.769. The molecule has 2 aliphatic rings. The van der Waals surface area contributed by atoms with Crippen LogP contribution in [0.3, 0.4) is 0 Å². The van der Waals surface area contributed by atoms with Gasteiger partial charge in [-0.25, -0.2) is 0 Å². The van der Waals surface area contributed by atoms with Crippen molar-refractivity contribution in [3.05, 3.63) is 77.9 Å². The largest absolute Gasteiger partial charge is 0.0808 e. The molecule has 0 spiro atoms. The molecule has 2 unspecified atom stereocenters. The molecule has 4 rings (SSSR count). The highest BCUT2D eigenvalue weighted by molar-refractivity contribution is 5.77. The van der Waals surface area contributed by atoms with Crippen molar-refractivity contribution in [1.82, 2.24) is 0 Å². The Kier molecular flexibility index (Phi) is 2.63. The molecule has 2 aromatic carbocycles. The first-order valence-electron chi connectivity index (χ1n) is 7.37. The van der Waals surface area contributed by atoms with Gasteiger partial charge < -0.3 is 0 Å². The summed E-state index contributed by atoms with van der Waals surface area (Å²) in [5.41, 5.74) is 6.90. The quantitative estimate of drug-likeness (QED) is 0.690. The third kappa shape index (κ3) is 2.02. The first-order valence-corrected chi connectivity index (χ1v) is 7.37. The van der Waals surface area contributed by atoms with Crippen molar-refractivity contribution in [2.45, 2.75) is 13.3 Å². The summed E-state index contributed by atoms with van der Waals surface area (Å²) in [7, 11) is 0. The Morgan fingerprint density at radius 2 is 1.70 bits per heavy atom. The van der Waals surface area contributed by atoms with E-state index in [0.717, 1.165) is 11.8 Å². The average Bonchev–Trinajstić information content (AvgIpc) is 3.27. The Hall–Kier alpha value is -2.08. The molecule has 0 N–H and O–H groups in total. The summed E-state index contributed by atoms with van der Waals surface area (Å²) in [6.07, 6.45) is 8.21. The molecular weight excluding hydrogens is 240 g/mol. The second kappa shape index (κ2) is 4.49. The molecule has 2 aliphatic carbocycles. The summed E-state index contributed by atoms with van der Waals surface area (Å²) < 4.78 is 0. The number of fused-ring (bicyclic) bond motifs is 1. The van der Waals surface area contributed by atoms with Crippen molar-refractivity contribution in [2.75, 3.05) is 0 Å². The van der Waals surface area contributed by atoms with Gasteiger partial charge in [-0.3, -0.25) is 0 Å². The van der Waals surface area contributed by atoms with E-state index >= 15 is 0 Å². The summed E-state index contributed by atoms with van der Waals surface area (Å²) in [5, 5.41) is 0.